The maximum absolute atomic E-state index is 12.3. The lowest BCUT2D eigenvalue weighted by Gasteiger charge is -2.17. The molecule has 2 rings (SSSR count). The van der Waals surface area contributed by atoms with E-state index in [1.807, 2.05) is 12.1 Å². The summed E-state index contributed by atoms with van der Waals surface area (Å²) in [4.78, 5) is 0. The van der Waals surface area contributed by atoms with Gasteiger partial charge in [0.2, 0.25) is 10.0 Å². The van der Waals surface area contributed by atoms with E-state index in [1.54, 1.807) is 43.4 Å². The van der Waals surface area contributed by atoms with Crippen LogP contribution in [0.25, 0.3) is 0 Å². The lowest BCUT2D eigenvalue weighted by Crippen LogP contribution is -2.27. The lowest BCUT2D eigenvalue weighted by atomic mass is 10.2. The molecule has 0 saturated carbocycles. The van der Waals surface area contributed by atoms with Gasteiger partial charge in [0, 0.05) is 24.3 Å². The highest BCUT2D eigenvalue weighted by atomic mass is 35.5. The van der Waals surface area contributed by atoms with Crippen LogP contribution in [0.15, 0.2) is 48.5 Å². The summed E-state index contributed by atoms with van der Waals surface area (Å²) in [5, 5.41) is 0.631. The molecule has 0 aliphatic carbocycles. The van der Waals surface area contributed by atoms with Crippen molar-refractivity contribution in [3.8, 4) is 0 Å². The normalized spacial score (nSPS) is 11.8. The predicted molar refractivity (Wildman–Crippen MR) is 86.4 cm³/mol. The van der Waals surface area contributed by atoms with Crippen LogP contribution in [0.2, 0.25) is 5.02 Å². The molecule has 0 fully saturated rings. The topological polar surface area (TPSA) is 63.4 Å². The first-order chi connectivity index (χ1) is 9.87. The molecular formula is C15H17ClN2O2S. The van der Waals surface area contributed by atoms with Crippen LogP contribution >= 0.6 is 11.6 Å². The average molecular weight is 325 g/mol. The summed E-state index contributed by atoms with van der Waals surface area (Å²) < 4.78 is 26.0. The number of nitrogens with two attached hydrogens (primary N) is 1. The Morgan fingerprint density at radius 2 is 1.52 bits per heavy atom. The molecule has 2 N–H and O–H groups in total. The smallest absolute Gasteiger partial charge is 0.218 e. The van der Waals surface area contributed by atoms with Crippen LogP contribution in [0.1, 0.15) is 11.1 Å². The number of rotatable bonds is 5. The first-order valence-electron chi connectivity index (χ1n) is 6.40. The van der Waals surface area contributed by atoms with Gasteiger partial charge in [0.25, 0.3) is 0 Å². The number of hydrogen-bond donors (Lipinski definition) is 1. The van der Waals surface area contributed by atoms with Crippen molar-refractivity contribution >= 4 is 27.3 Å². The van der Waals surface area contributed by atoms with Gasteiger partial charge in [-0.3, -0.25) is 0 Å². The largest absolute Gasteiger partial charge is 0.399 e. The van der Waals surface area contributed by atoms with Gasteiger partial charge in [0.15, 0.2) is 0 Å². The van der Waals surface area contributed by atoms with Crippen molar-refractivity contribution in [2.24, 2.45) is 0 Å². The minimum absolute atomic E-state index is 0.0443. The van der Waals surface area contributed by atoms with Crippen molar-refractivity contribution in [1.29, 1.82) is 0 Å². The van der Waals surface area contributed by atoms with Gasteiger partial charge in [-0.05, 0) is 35.4 Å². The summed E-state index contributed by atoms with van der Waals surface area (Å²) >= 11 is 5.82. The molecule has 0 aromatic heterocycles. The number of nitrogens with zero attached hydrogens (tertiary/aromatic N) is 1. The van der Waals surface area contributed by atoms with Gasteiger partial charge in [-0.1, -0.05) is 35.9 Å². The Hall–Kier alpha value is -1.56. The number of anilines is 1. The minimum atomic E-state index is -3.37. The molecule has 0 atom stereocenters. The molecule has 4 nitrogen and oxygen atoms in total. The third-order valence-electron chi connectivity index (χ3n) is 3.12. The van der Waals surface area contributed by atoms with Gasteiger partial charge < -0.3 is 5.73 Å². The van der Waals surface area contributed by atoms with E-state index >= 15 is 0 Å². The highest BCUT2D eigenvalue weighted by Gasteiger charge is 2.18. The van der Waals surface area contributed by atoms with Crippen molar-refractivity contribution in [2.75, 3.05) is 12.8 Å². The van der Waals surface area contributed by atoms with Gasteiger partial charge in [0.05, 0.1) is 5.75 Å². The third-order valence-corrected chi connectivity index (χ3v) is 5.15. The monoisotopic (exact) mass is 324 g/mol. The molecule has 6 heteroatoms. The van der Waals surface area contributed by atoms with Crippen LogP contribution in [0.5, 0.6) is 0 Å². The Morgan fingerprint density at radius 3 is 2.10 bits per heavy atom. The highest BCUT2D eigenvalue weighted by Crippen LogP contribution is 2.16. The Bertz CT molecular complexity index is 697. The molecule has 2 aromatic carbocycles. The second-order valence-electron chi connectivity index (χ2n) is 4.88. The average Bonchev–Trinajstić information content (AvgIpc) is 2.43. The molecule has 0 spiro atoms. The van der Waals surface area contributed by atoms with Crippen LogP contribution in [-0.2, 0) is 22.3 Å². The molecule has 0 bridgehead atoms. The number of nitrogen functional groups attached to an aromatic ring is 1. The van der Waals surface area contributed by atoms with E-state index in [9.17, 15) is 8.42 Å². The Labute approximate surface area is 130 Å². The van der Waals surface area contributed by atoms with E-state index in [0.717, 1.165) is 5.56 Å². The Morgan fingerprint density at radius 1 is 1.00 bits per heavy atom. The minimum Gasteiger partial charge on any atom is -0.399 e. The van der Waals surface area contributed by atoms with Crippen molar-refractivity contribution in [2.45, 2.75) is 12.3 Å². The molecule has 0 saturated heterocycles. The zero-order chi connectivity index (χ0) is 15.5. The standard InChI is InChI=1S/C15H17ClN2O2S/c1-18(10-12-2-6-14(16)7-3-12)21(19,20)11-13-4-8-15(17)9-5-13/h2-9H,10-11,17H2,1H3. The fourth-order valence-corrected chi connectivity index (χ4v) is 3.19. The molecule has 0 heterocycles. The SMILES string of the molecule is CN(Cc1ccc(Cl)cc1)S(=O)(=O)Cc1ccc(N)cc1. The third kappa shape index (κ3) is 4.46. The summed E-state index contributed by atoms with van der Waals surface area (Å²) in [6, 6.07) is 14.0. The molecular weight excluding hydrogens is 308 g/mol. The van der Waals surface area contributed by atoms with Crippen molar-refractivity contribution < 1.29 is 8.42 Å². The fourth-order valence-electron chi connectivity index (χ4n) is 1.88. The van der Waals surface area contributed by atoms with Crippen LogP contribution in [0.3, 0.4) is 0 Å². The van der Waals surface area contributed by atoms with Crippen molar-refractivity contribution in [3.63, 3.8) is 0 Å². The molecule has 0 unspecified atom stereocenters. The maximum atomic E-state index is 12.3. The second kappa shape index (κ2) is 6.47. The van der Waals surface area contributed by atoms with E-state index in [1.165, 1.54) is 4.31 Å². The van der Waals surface area contributed by atoms with Crippen molar-refractivity contribution in [3.05, 3.63) is 64.7 Å². The van der Waals surface area contributed by atoms with Gasteiger partial charge >= 0.3 is 0 Å². The zero-order valence-corrected chi connectivity index (χ0v) is 13.2. The maximum Gasteiger partial charge on any atom is 0.218 e. The Balaban J connectivity index is 2.07. The van der Waals surface area contributed by atoms with E-state index < -0.39 is 10.0 Å². The summed E-state index contributed by atoms with van der Waals surface area (Å²) in [5.41, 5.74) is 7.82. The van der Waals surface area contributed by atoms with E-state index in [-0.39, 0.29) is 5.75 Å². The molecule has 0 amide bonds. The van der Waals surface area contributed by atoms with Gasteiger partial charge in [0.1, 0.15) is 0 Å². The Kier molecular flexibility index (Phi) is 4.88. The summed E-state index contributed by atoms with van der Waals surface area (Å²) in [6.07, 6.45) is 0. The fraction of sp³-hybridized carbons (Fsp3) is 0.200. The number of benzene rings is 2. The number of hydrogen-bond acceptors (Lipinski definition) is 3. The first-order valence-corrected chi connectivity index (χ1v) is 8.38. The number of halogens is 1. The molecule has 21 heavy (non-hydrogen) atoms. The van der Waals surface area contributed by atoms with Crippen LogP contribution < -0.4 is 5.73 Å². The quantitative estimate of drug-likeness (QED) is 0.860. The van der Waals surface area contributed by atoms with Crippen LogP contribution in [0.4, 0.5) is 5.69 Å². The summed E-state index contributed by atoms with van der Waals surface area (Å²) in [7, 11) is -1.80. The molecule has 0 aliphatic rings. The molecule has 112 valence electrons. The zero-order valence-electron chi connectivity index (χ0n) is 11.7. The number of sulfonamides is 1. The first kappa shape index (κ1) is 15.8. The van der Waals surface area contributed by atoms with Gasteiger partial charge in [-0.25, -0.2) is 12.7 Å². The van der Waals surface area contributed by atoms with E-state index in [0.29, 0.717) is 22.8 Å². The lowest BCUT2D eigenvalue weighted by molar-refractivity contribution is 0.466. The van der Waals surface area contributed by atoms with Gasteiger partial charge in [-0.2, -0.15) is 0 Å². The highest BCUT2D eigenvalue weighted by molar-refractivity contribution is 7.88. The van der Waals surface area contributed by atoms with E-state index in [4.69, 9.17) is 17.3 Å². The van der Waals surface area contributed by atoms with Crippen LogP contribution in [-0.4, -0.2) is 19.8 Å². The molecule has 2 aromatic rings. The van der Waals surface area contributed by atoms with Gasteiger partial charge in [-0.15, -0.1) is 0 Å². The second-order valence-corrected chi connectivity index (χ2v) is 7.39. The molecule has 0 aliphatic heterocycles. The summed E-state index contributed by atoms with van der Waals surface area (Å²) in [5.74, 6) is -0.0443. The van der Waals surface area contributed by atoms with E-state index in [2.05, 4.69) is 0 Å². The van der Waals surface area contributed by atoms with Crippen molar-refractivity contribution in [1.82, 2.24) is 4.31 Å². The predicted octanol–water partition coefficient (Wildman–Crippen LogP) is 2.88. The molecule has 0 radical (unpaired) electrons. The summed E-state index contributed by atoms with van der Waals surface area (Å²) in [6.45, 7) is 0.314. The van der Waals surface area contributed by atoms with Crippen LogP contribution in [0, 0.1) is 0 Å².